The predicted molar refractivity (Wildman–Crippen MR) is 110 cm³/mol. The molecule has 6 heteroatoms. The molecule has 2 heterocycles. The third-order valence-corrected chi connectivity index (χ3v) is 6.13. The summed E-state index contributed by atoms with van der Waals surface area (Å²) in [6.45, 7) is 7.95. The van der Waals surface area contributed by atoms with Gasteiger partial charge in [0.1, 0.15) is 0 Å². The van der Waals surface area contributed by atoms with Gasteiger partial charge in [-0.3, -0.25) is 9.89 Å². The highest BCUT2D eigenvalue weighted by molar-refractivity contribution is 14.0. The highest BCUT2D eigenvalue weighted by Crippen LogP contribution is 2.25. The van der Waals surface area contributed by atoms with E-state index in [-0.39, 0.29) is 24.0 Å². The van der Waals surface area contributed by atoms with E-state index in [1.165, 1.54) is 44.4 Å². The number of piperidine rings is 1. The lowest BCUT2D eigenvalue weighted by molar-refractivity contribution is 0.115. The maximum atomic E-state index is 4.35. The van der Waals surface area contributed by atoms with Crippen molar-refractivity contribution in [2.24, 2.45) is 4.99 Å². The Kier molecular flexibility index (Phi) is 10.1. The summed E-state index contributed by atoms with van der Waals surface area (Å²) in [6, 6.07) is 1.29. The van der Waals surface area contributed by atoms with Gasteiger partial charge in [0.15, 0.2) is 5.96 Å². The van der Waals surface area contributed by atoms with Crippen molar-refractivity contribution in [1.82, 2.24) is 15.5 Å². The number of nitrogens with one attached hydrogen (secondary N) is 2. The van der Waals surface area contributed by atoms with Gasteiger partial charge in [0.25, 0.3) is 0 Å². The predicted octanol–water partition coefficient (Wildman–Crippen LogP) is 2.93. The van der Waals surface area contributed by atoms with Gasteiger partial charge in [0, 0.05) is 37.5 Å². The Hall–Kier alpha value is 0.310. The highest BCUT2D eigenvalue weighted by Gasteiger charge is 2.23. The summed E-state index contributed by atoms with van der Waals surface area (Å²) >= 11 is 2.09. The average Bonchev–Trinajstić information content (AvgIpc) is 3.01. The van der Waals surface area contributed by atoms with Crippen LogP contribution >= 0.6 is 35.7 Å². The Balaban J connectivity index is 0.00000242. The van der Waals surface area contributed by atoms with Gasteiger partial charge in [0.2, 0.25) is 0 Å². The van der Waals surface area contributed by atoms with Crippen LogP contribution in [-0.2, 0) is 0 Å². The molecule has 2 fully saturated rings. The van der Waals surface area contributed by atoms with Crippen LogP contribution in [0, 0.1) is 0 Å². The number of hydrogen-bond donors (Lipinski definition) is 2. The number of thioether (sulfide) groups is 1. The third-order valence-electron chi connectivity index (χ3n) is 4.73. The summed E-state index contributed by atoms with van der Waals surface area (Å²) in [7, 11) is 1.87. The molecular formula is C16H33IN4S. The van der Waals surface area contributed by atoms with Crippen LogP contribution in [0.15, 0.2) is 4.99 Å². The quantitative estimate of drug-likeness (QED) is 0.392. The monoisotopic (exact) mass is 440 g/mol. The standard InChI is InChI=1S/C16H32N4S.HI/c1-13-7-4-5-9-20(13)14(2)11-18-16(17-3)19-12-15-8-6-10-21-15;/h13-15H,4-12H2,1-3H3,(H2,17,18,19);1H. The van der Waals surface area contributed by atoms with Crippen LogP contribution < -0.4 is 10.6 Å². The van der Waals surface area contributed by atoms with Crippen molar-refractivity contribution in [2.75, 3.05) is 32.4 Å². The van der Waals surface area contributed by atoms with Crippen molar-refractivity contribution in [3.05, 3.63) is 0 Å². The van der Waals surface area contributed by atoms with Gasteiger partial charge in [-0.2, -0.15) is 11.8 Å². The highest BCUT2D eigenvalue weighted by atomic mass is 127. The van der Waals surface area contributed by atoms with Gasteiger partial charge in [-0.1, -0.05) is 6.42 Å². The summed E-state index contributed by atoms with van der Waals surface area (Å²) in [4.78, 5) is 6.99. The Labute approximate surface area is 157 Å². The van der Waals surface area contributed by atoms with E-state index in [4.69, 9.17) is 0 Å². The molecule has 0 aromatic rings. The first-order chi connectivity index (χ1) is 10.2. The lowest BCUT2D eigenvalue weighted by atomic mass is 10.0. The van der Waals surface area contributed by atoms with Gasteiger partial charge in [0.05, 0.1) is 0 Å². The fraction of sp³-hybridized carbons (Fsp3) is 0.938. The summed E-state index contributed by atoms with van der Waals surface area (Å²) in [5.41, 5.74) is 0. The first-order valence-corrected chi connectivity index (χ1v) is 9.57. The van der Waals surface area contributed by atoms with Crippen molar-refractivity contribution < 1.29 is 0 Å². The molecule has 2 aliphatic rings. The minimum Gasteiger partial charge on any atom is -0.355 e. The summed E-state index contributed by atoms with van der Waals surface area (Å²) < 4.78 is 0. The lowest BCUT2D eigenvalue weighted by Gasteiger charge is -2.38. The summed E-state index contributed by atoms with van der Waals surface area (Å²) in [6.07, 6.45) is 6.79. The van der Waals surface area contributed by atoms with E-state index in [0.29, 0.717) is 6.04 Å². The maximum absolute atomic E-state index is 4.35. The number of guanidine groups is 1. The lowest BCUT2D eigenvalue weighted by Crippen LogP contribution is -2.50. The van der Waals surface area contributed by atoms with E-state index >= 15 is 0 Å². The van der Waals surface area contributed by atoms with Crippen molar-refractivity contribution in [3.8, 4) is 0 Å². The van der Waals surface area contributed by atoms with Crippen molar-refractivity contribution in [3.63, 3.8) is 0 Å². The molecule has 22 heavy (non-hydrogen) atoms. The number of rotatable bonds is 5. The third kappa shape index (κ3) is 6.43. The molecule has 0 aromatic heterocycles. The van der Waals surface area contributed by atoms with Crippen molar-refractivity contribution in [1.29, 1.82) is 0 Å². The molecule has 0 amide bonds. The molecule has 130 valence electrons. The van der Waals surface area contributed by atoms with Crippen LogP contribution in [0.2, 0.25) is 0 Å². The van der Waals surface area contributed by atoms with E-state index in [9.17, 15) is 0 Å². The van der Waals surface area contributed by atoms with Gasteiger partial charge in [-0.25, -0.2) is 0 Å². The SMILES string of the molecule is CN=C(NCC1CCCS1)NCC(C)N1CCCCC1C.I. The zero-order valence-electron chi connectivity index (χ0n) is 14.3. The number of halogens is 1. The number of hydrogen-bond acceptors (Lipinski definition) is 3. The Morgan fingerprint density at radius 1 is 1.27 bits per heavy atom. The normalized spacial score (nSPS) is 28.0. The zero-order chi connectivity index (χ0) is 15.1. The van der Waals surface area contributed by atoms with E-state index < -0.39 is 0 Å². The molecule has 2 rings (SSSR count). The number of aliphatic imine (C=N–C) groups is 1. The second kappa shape index (κ2) is 11.0. The Bertz CT molecular complexity index is 334. The smallest absolute Gasteiger partial charge is 0.191 e. The molecule has 0 radical (unpaired) electrons. The second-order valence-electron chi connectivity index (χ2n) is 6.40. The van der Waals surface area contributed by atoms with E-state index in [2.05, 4.69) is 46.1 Å². The van der Waals surface area contributed by atoms with Gasteiger partial charge in [-0.05, 0) is 51.8 Å². The van der Waals surface area contributed by atoms with Crippen molar-refractivity contribution in [2.45, 2.75) is 63.3 Å². The summed E-state index contributed by atoms with van der Waals surface area (Å²) in [5, 5.41) is 7.75. The minimum absolute atomic E-state index is 0. The van der Waals surface area contributed by atoms with Crippen LogP contribution in [0.4, 0.5) is 0 Å². The summed E-state index contributed by atoms with van der Waals surface area (Å²) in [5.74, 6) is 2.28. The van der Waals surface area contributed by atoms with Crippen LogP contribution in [0.3, 0.4) is 0 Å². The molecule has 0 bridgehead atoms. The minimum atomic E-state index is 0. The van der Waals surface area contributed by atoms with Crippen LogP contribution in [0.5, 0.6) is 0 Å². The molecule has 3 atom stereocenters. The molecule has 0 saturated carbocycles. The number of likely N-dealkylation sites (tertiary alicyclic amines) is 1. The van der Waals surface area contributed by atoms with Crippen molar-refractivity contribution >= 4 is 41.7 Å². The van der Waals surface area contributed by atoms with E-state index in [1.54, 1.807) is 0 Å². The van der Waals surface area contributed by atoms with E-state index in [0.717, 1.165) is 30.3 Å². The number of nitrogens with zero attached hydrogens (tertiary/aromatic N) is 2. The van der Waals surface area contributed by atoms with Gasteiger partial charge < -0.3 is 10.6 Å². The molecule has 4 nitrogen and oxygen atoms in total. The fourth-order valence-electron chi connectivity index (χ4n) is 3.37. The first-order valence-electron chi connectivity index (χ1n) is 8.52. The molecule has 0 spiro atoms. The Morgan fingerprint density at radius 2 is 2.09 bits per heavy atom. The Morgan fingerprint density at radius 3 is 2.73 bits per heavy atom. The maximum Gasteiger partial charge on any atom is 0.191 e. The van der Waals surface area contributed by atoms with E-state index in [1.807, 2.05) is 7.05 Å². The van der Waals surface area contributed by atoms with Crippen LogP contribution in [-0.4, -0.2) is 60.6 Å². The molecule has 2 aliphatic heterocycles. The van der Waals surface area contributed by atoms with Gasteiger partial charge >= 0.3 is 0 Å². The molecule has 3 unspecified atom stereocenters. The fourth-order valence-corrected chi connectivity index (χ4v) is 4.57. The largest absolute Gasteiger partial charge is 0.355 e. The molecule has 2 saturated heterocycles. The molecule has 0 aliphatic carbocycles. The zero-order valence-corrected chi connectivity index (χ0v) is 17.5. The first kappa shape index (κ1) is 20.4. The topological polar surface area (TPSA) is 39.7 Å². The molecule has 0 aromatic carbocycles. The second-order valence-corrected chi connectivity index (χ2v) is 7.81. The van der Waals surface area contributed by atoms with Crippen LogP contribution in [0.25, 0.3) is 0 Å². The average molecular weight is 440 g/mol. The van der Waals surface area contributed by atoms with Gasteiger partial charge in [-0.15, -0.1) is 24.0 Å². The van der Waals surface area contributed by atoms with Crippen LogP contribution in [0.1, 0.15) is 46.0 Å². The molecular weight excluding hydrogens is 407 g/mol. The molecule has 2 N–H and O–H groups in total.